The quantitative estimate of drug-likeness (QED) is 0.691. The molecule has 24 heavy (non-hydrogen) atoms. The van der Waals surface area contributed by atoms with Crippen molar-refractivity contribution in [3.05, 3.63) is 64.0 Å². The summed E-state index contributed by atoms with van der Waals surface area (Å²) in [4.78, 5) is 11.5. The normalized spacial score (nSPS) is 13.0. The van der Waals surface area contributed by atoms with E-state index in [1.165, 1.54) is 6.07 Å². The molecule has 0 amide bonds. The van der Waals surface area contributed by atoms with Crippen LogP contribution in [0.25, 0.3) is 11.0 Å². The van der Waals surface area contributed by atoms with E-state index in [-0.39, 0.29) is 5.63 Å². The van der Waals surface area contributed by atoms with Crippen molar-refractivity contribution in [1.82, 2.24) is 0 Å². The summed E-state index contributed by atoms with van der Waals surface area (Å²) in [5.41, 5.74) is 2.04. The first-order chi connectivity index (χ1) is 11.7. The molecule has 0 spiro atoms. The maximum atomic E-state index is 11.5. The number of aryl methyl sites for hydroxylation is 1. The molecule has 0 fully saturated rings. The minimum atomic E-state index is -0.357. The molecule has 4 rings (SSSR count). The molecule has 3 aromatic rings. The van der Waals surface area contributed by atoms with Crippen LogP contribution in [-0.2, 0) is 6.61 Å². The van der Waals surface area contributed by atoms with Crippen LogP contribution in [-0.4, -0.2) is 13.2 Å². The number of rotatable bonds is 3. The third-order valence-corrected chi connectivity index (χ3v) is 3.93. The third kappa shape index (κ3) is 2.80. The monoisotopic (exact) mass is 324 g/mol. The van der Waals surface area contributed by atoms with Gasteiger partial charge in [0.15, 0.2) is 11.5 Å². The Kier molecular flexibility index (Phi) is 3.61. The van der Waals surface area contributed by atoms with Gasteiger partial charge in [-0.25, -0.2) is 4.79 Å². The molecule has 122 valence electrons. The molecular weight excluding hydrogens is 308 g/mol. The summed E-state index contributed by atoms with van der Waals surface area (Å²) >= 11 is 0. The van der Waals surface area contributed by atoms with Crippen LogP contribution in [0.4, 0.5) is 0 Å². The van der Waals surface area contributed by atoms with Crippen molar-refractivity contribution < 1.29 is 18.6 Å². The molecule has 1 aliphatic rings. The van der Waals surface area contributed by atoms with E-state index in [9.17, 15) is 4.79 Å². The molecule has 2 heterocycles. The van der Waals surface area contributed by atoms with E-state index < -0.39 is 0 Å². The molecule has 1 aliphatic heterocycles. The third-order valence-electron chi connectivity index (χ3n) is 3.93. The van der Waals surface area contributed by atoms with Crippen molar-refractivity contribution in [2.75, 3.05) is 13.2 Å². The average Bonchev–Trinajstić information content (AvgIpc) is 2.59. The van der Waals surface area contributed by atoms with Crippen molar-refractivity contribution in [3.8, 4) is 17.2 Å². The Morgan fingerprint density at radius 3 is 2.71 bits per heavy atom. The van der Waals surface area contributed by atoms with Crippen LogP contribution in [0, 0.1) is 6.92 Å². The van der Waals surface area contributed by atoms with Gasteiger partial charge in [-0.1, -0.05) is 6.07 Å². The average molecular weight is 324 g/mol. The first-order valence-corrected chi connectivity index (χ1v) is 7.75. The smallest absolute Gasteiger partial charge is 0.336 e. The van der Waals surface area contributed by atoms with Gasteiger partial charge in [0.1, 0.15) is 31.2 Å². The molecule has 0 N–H and O–H groups in total. The van der Waals surface area contributed by atoms with Gasteiger partial charge in [-0.05, 0) is 42.3 Å². The number of hydrogen-bond acceptors (Lipinski definition) is 5. The highest BCUT2D eigenvalue weighted by molar-refractivity contribution is 5.81. The van der Waals surface area contributed by atoms with Crippen molar-refractivity contribution >= 4 is 11.0 Å². The Labute approximate surface area is 138 Å². The van der Waals surface area contributed by atoms with Gasteiger partial charge in [0, 0.05) is 17.5 Å². The van der Waals surface area contributed by atoms with Gasteiger partial charge in [-0.3, -0.25) is 0 Å². The lowest BCUT2D eigenvalue weighted by Crippen LogP contribution is -2.15. The van der Waals surface area contributed by atoms with Gasteiger partial charge in [-0.15, -0.1) is 0 Å². The molecule has 2 aromatic carbocycles. The van der Waals surface area contributed by atoms with E-state index in [0.29, 0.717) is 31.2 Å². The molecular formula is C19H16O5. The highest BCUT2D eigenvalue weighted by atomic mass is 16.6. The number of fused-ring (bicyclic) bond motifs is 2. The number of benzene rings is 2. The van der Waals surface area contributed by atoms with Crippen LogP contribution >= 0.6 is 0 Å². The first-order valence-electron chi connectivity index (χ1n) is 7.75. The molecule has 0 saturated carbocycles. The number of hydrogen-bond donors (Lipinski definition) is 0. The maximum Gasteiger partial charge on any atom is 0.336 e. The van der Waals surface area contributed by atoms with Gasteiger partial charge in [-0.2, -0.15) is 0 Å². The lowest BCUT2D eigenvalue weighted by Gasteiger charge is -2.19. The van der Waals surface area contributed by atoms with E-state index in [1.807, 2.05) is 37.3 Å². The van der Waals surface area contributed by atoms with Gasteiger partial charge in [0.05, 0.1) is 0 Å². The van der Waals surface area contributed by atoms with E-state index >= 15 is 0 Å². The molecule has 1 aromatic heterocycles. The van der Waals surface area contributed by atoms with E-state index in [0.717, 1.165) is 28.0 Å². The highest BCUT2D eigenvalue weighted by Crippen LogP contribution is 2.31. The van der Waals surface area contributed by atoms with Crippen molar-refractivity contribution in [1.29, 1.82) is 0 Å². The molecule has 0 unspecified atom stereocenters. The zero-order chi connectivity index (χ0) is 16.5. The highest BCUT2D eigenvalue weighted by Gasteiger charge is 2.12. The van der Waals surface area contributed by atoms with E-state index in [1.54, 1.807) is 6.07 Å². The lowest BCUT2D eigenvalue weighted by molar-refractivity contribution is 0.171. The predicted molar refractivity (Wildman–Crippen MR) is 89.0 cm³/mol. The predicted octanol–water partition coefficient (Wildman–Crippen LogP) is 3.45. The fourth-order valence-electron chi connectivity index (χ4n) is 2.74. The zero-order valence-corrected chi connectivity index (χ0v) is 13.2. The van der Waals surface area contributed by atoms with Crippen LogP contribution in [0.1, 0.15) is 11.1 Å². The summed E-state index contributed by atoms with van der Waals surface area (Å²) in [5.74, 6) is 2.14. The summed E-state index contributed by atoms with van der Waals surface area (Å²) in [5, 5.41) is 0.904. The Morgan fingerprint density at radius 1 is 1.00 bits per heavy atom. The summed E-state index contributed by atoms with van der Waals surface area (Å²) in [6, 6.07) is 12.7. The van der Waals surface area contributed by atoms with Gasteiger partial charge in [0.2, 0.25) is 0 Å². The van der Waals surface area contributed by atoms with Crippen LogP contribution in [0.15, 0.2) is 51.7 Å². The minimum absolute atomic E-state index is 0.357. The molecule has 0 radical (unpaired) electrons. The lowest BCUT2D eigenvalue weighted by atomic mass is 10.1. The molecule has 0 atom stereocenters. The van der Waals surface area contributed by atoms with Crippen LogP contribution in [0.5, 0.6) is 17.2 Å². The maximum absolute atomic E-state index is 11.5. The second-order valence-electron chi connectivity index (χ2n) is 5.67. The topological polar surface area (TPSA) is 57.9 Å². The van der Waals surface area contributed by atoms with E-state index in [2.05, 4.69) is 0 Å². The van der Waals surface area contributed by atoms with Crippen LogP contribution in [0.3, 0.4) is 0 Å². The Hall–Kier alpha value is -2.95. The van der Waals surface area contributed by atoms with Gasteiger partial charge < -0.3 is 18.6 Å². The molecule has 0 saturated heterocycles. The summed E-state index contributed by atoms with van der Waals surface area (Å²) in [7, 11) is 0. The standard InChI is InChI=1S/C19H16O5/c1-12-8-19(20)24-17-10-14(3-4-15(12)17)23-11-13-2-5-16-18(9-13)22-7-6-21-16/h2-5,8-10H,6-7,11H2,1H3. The van der Waals surface area contributed by atoms with Crippen molar-refractivity contribution in [3.63, 3.8) is 0 Å². The second-order valence-corrected chi connectivity index (χ2v) is 5.67. The van der Waals surface area contributed by atoms with E-state index in [4.69, 9.17) is 18.6 Å². The first kappa shape index (κ1) is 14.6. The summed E-state index contributed by atoms with van der Waals surface area (Å²) in [6.07, 6.45) is 0. The molecule has 0 bridgehead atoms. The van der Waals surface area contributed by atoms with Crippen LogP contribution in [0.2, 0.25) is 0 Å². The summed E-state index contributed by atoms with van der Waals surface area (Å²) < 4.78 is 22.1. The molecule has 5 heteroatoms. The SMILES string of the molecule is Cc1cc(=O)oc2cc(OCc3ccc4c(c3)OCCO4)ccc12. The minimum Gasteiger partial charge on any atom is -0.489 e. The summed E-state index contributed by atoms with van der Waals surface area (Å²) in [6.45, 7) is 3.40. The fraction of sp³-hybridized carbons (Fsp3) is 0.211. The Morgan fingerprint density at radius 2 is 1.83 bits per heavy atom. The van der Waals surface area contributed by atoms with Crippen LogP contribution < -0.4 is 19.8 Å². The van der Waals surface area contributed by atoms with Gasteiger partial charge >= 0.3 is 5.63 Å². The zero-order valence-electron chi connectivity index (χ0n) is 13.2. The second kappa shape index (κ2) is 5.92. The van der Waals surface area contributed by atoms with Gasteiger partial charge in [0.25, 0.3) is 0 Å². The fourth-order valence-corrected chi connectivity index (χ4v) is 2.74. The Bertz CT molecular complexity index is 958. The van der Waals surface area contributed by atoms with Crippen molar-refractivity contribution in [2.24, 2.45) is 0 Å². The Balaban J connectivity index is 1.55. The molecule has 0 aliphatic carbocycles. The largest absolute Gasteiger partial charge is 0.489 e. The van der Waals surface area contributed by atoms with Crippen molar-refractivity contribution in [2.45, 2.75) is 13.5 Å². The number of ether oxygens (including phenoxy) is 3. The molecule has 5 nitrogen and oxygen atoms in total.